The molecule has 0 spiro atoms. The minimum absolute atomic E-state index is 0.0315. The van der Waals surface area contributed by atoms with Crippen molar-refractivity contribution in [3.05, 3.63) is 80.4 Å². The number of hydrogen-bond donors (Lipinski definition) is 3. The van der Waals surface area contributed by atoms with Crippen molar-refractivity contribution in [1.82, 2.24) is 20.4 Å². The number of rotatable bonds is 6. The fourth-order valence-corrected chi connectivity index (χ4v) is 5.88. The van der Waals surface area contributed by atoms with Gasteiger partial charge < -0.3 is 30.0 Å². The van der Waals surface area contributed by atoms with E-state index in [1.807, 2.05) is 17.0 Å². The summed E-state index contributed by atoms with van der Waals surface area (Å²) in [5.74, 6) is -1.92. The molecule has 3 aromatic rings. The lowest BCUT2D eigenvalue weighted by Gasteiger charge is -2.30. The number of aliphatic carboxylic acids is 1. The van der Waals surface area contributed by atoms with Crippen LogP contribution >= 0.6 is 23.2 Å². The first-order valence-corrected chi connectivity index (χ1v) is 13.8. The predicted octanol–water partition coefficient (Wildman–Crippen LogP) is 4.00. The van der Waals surface area contributed by atoms with E-state index in [-0.39, 0.29) is 40.6 Å². The Labute approximate surface area is 245 Å². The maximum absolute atomic E-state index is 13.2. The molecule has 0 saturated carbocycles. The van der Waals surface area contributed by atoms with Crippen molar-refractivity contribution in [3.8, 4) is 0 Å². The number of carbonyl (C=O) groups is 3. The smallest absolute Gasteiger partial charge is 0.328 e. The summed E-state index contributed by atoms with van der Waals surface area (Å²) in [6, 6.07) is 7.35. The van der Waals surface area contributed by atoms with Crippen molar-refractivity contribution < 1.29 is 23.9 Å². The van der Waals surface area contributed by atoms with Crippen molar-refractivity contribution >= 4 is 57.9 Å². The van der Waals surface area contributed by atoms with Crippen molar-refractivity contribution in [2.75, 3.05) is 26.2 Å². The van der Waals surface area contributed by atoms with E-state index in [1.54, 1.807) is 29.4 Å². The number of carboxylic acids is 1. The zero-order valence-electron chi connectivity index (χ0n) is 21.8. The largest absolute Gasteiger partial charge is 0.480 e. The SMILES string of the molecule is [C-]#[N+]/N=C(\NC[C@H](NC(=O)c1c(Cl)cc2c(c1Cl)CCN(C(=O)c1ccc3ccoc3c1)C2)C(=O)O)N1CCCC1. The summed E-state index contributed by atoms with van der Waals surface area (Å²) in [4.78, 5) is 45.0. The number of carbonyl (C=O) groups excluding carboxylic acids is 2. The van der Waals surface area contributed by atoms with E-state index >= 15 is 0 Å². The number of fused-ring (bicyclic) bond motifs is 2. The predicted molar refractivity (Wildman–Crippen MR) is 153 cm³/mol. The van der Waals surface area contributed by atoms with Gasteiger partial charge in [0.1, 0.15) is 16.7 Å². The number of hydrogen-bond acceptors (Lipinski definition) is 5. The van der Waals surface area contributed by atoms with Gasteiger partial charge in [-0.3, -0.25) is 9.59 Å². The van der Waals surface area contributed by atoms with Crippen molar-refractivity contribution in [3.63, 3.8) is 0 Å². The third-order valence-corrected chi connectivity index (χ3v) is 7.96. The number of nitrogens with zero attached hydrogens (tertiary/aromatic N) is 4. The first-order valence-electron chi connectivity index (χ1n) is 13.0. The summed E-state index contributed by atoms with van der Waals surface area (Å²) in [5, 5.41) is 19.9. The fraction of sp³-hybridized carbons (Fsp3) is 0.321. The maximum atomic E-state index is 13.2. The van der Waals surface area contributed by atoms with Gasteiger partial charge in [0.05, 0.1) is 21.9 Å². The molecular formula is C28H26Cl2N6O5. The second-order valence-corrected chi connectivity index (χ2v) is 10.6. The summed E-state index contributed by atoms with van der Waals surface area (Å²) >= 11 is 13.2. The van der Waals surface area contributed by atoms with Crippen molar-refractivity contribution in [1.29, 1.82) is 0 Å². The number of nitrogens with one attached hydrogen (secondary N) is 2. The highest BCUT2D eigenvalue weighted by Crippen LogP contribution is 2.35. The minimum Gasteiger partial charge on any atom is -0.480 e. The van der Waals surface area contributed by atoms with Gasteiger partial charge >= 0.3 is 5.97 Å². The molecule has 1 saturated heterocycles. The minimum atomic E-state index is -1.34. The molecule has 212 valence electrons. The van der Waals surface area contributed by atoms with Gasteiger partial charge in [-0.1, -0.05) is 29.3 Å². The van der Waals surface area contributed by atoms with Crippen LogP contribution in [0.4, 0.5) is 0 Å². The summed E-state index contributed by atoms with van der Waals surface area (Å²) < 4.78 is 5.42. The highest BCUT2D eigenvalue weighted by Gasteiger charge is 2.30. The van der Waals surface area contributed by atoms with Crippen LogP contribution in [0.3, 0.4) is 0 Å². The zero-order chi connectivity index (χ0) is 29.1. The lowest BCUT2D eigenvalue weighted by Crippen LogP contribution is -2.51. The topological polar surface area (TPSA) is 132 Å². The molecule has 13 heteroatoms. The number of benzene rings is 2. The zero-order valence-corrected chi connectivity index (χ0v) is 23.3. The normalized spacial score (nSPS) is 15.8. The van der Waals surface area contributed by atoms with Gasteiger partial charge in [0.25, 0.3) is 17.8 Å². The Morgan fingerprint density at radius 3 is 2.63 bits per heavy atom. The lowest BCUT2D eigenvalue weighted by molar-refractivity contribution is -0.139. The molecule has 0 unspecified atom stereocenters. The van der Waals surface area contributed by atoms with Gasteiger partial charge in [-0.2, -0.15) is 6.57 Å². The third-order valence-electron chi connectivity index (χ3n) is 7.24. The second-order valence-electron chi connectivity index (χ2n) is 9.80. The van der Waals surface area contributed by atoms with E-state index in [1.165, 1.54) is 0 Å². The molecule has 3 N–H and O–H groups in total. The number of carboxylic acid groups (broad SMARTS) is 1. The average molecular weight is 597 g/mol. The molecule has 0 radical (unpaired) electrons. The van der Waals surface area contributed by atoms with E-state index in [9.17, 15) is 19.5 Å². The molecule has 1 fully saturated rings. The third kappa shape index (κ3) is 5.94. The molecule has 2 aromatic carbocycles. The van der Waals surface area contributed by atoms with Gasteiger partial charge in [0, 0.05) is 43.7 Å². The first-order chi connectivity index (χ1) is 19.8. The maximum Gasteiger partial charge on any atom is 0.328 e. The number of furan rings is 1. The number of amides is 2. The Hall–Kier alpha value is -4.27. The molecule has 0 bridgehead atoms. The highest BCUT2D eigenvalue weighted by atomic mass is 35.5. The molecule has 1 aromatic heterocycles. The summed E-state index contributed by atoms with van der Waals surface area (Å²) in [5.41, 5.74) is 2.47. The lowest BCUT2D eigenvalue weighted by atomic mass is 9.96. The van der Waals surface area contributed by atoms with E-state index in [0.29, 0.717) is 48.3 Å². The summed E-state index contributed by atoms with van der Waals surface area (Å²) in [6.07, 6.45) is 3.84. The van der Waals surface area contributed by atoms with Crippen molar-refractivity contribution in [2.45, 2.75) is 31.8 Å². The molecule has 41 heavy (non-hydrogen) atoms. The van der Waals surface area contributed by atoms with Crippen LogP contribution in [-0.4, -0.2) is 70.9 Å². The molecule has 0 aliphatic carbocycles. The van der Waals surface area contributed by atoms with Crippen LogP contribution in [0.1, 0.15) is 44.7 Å². The van der Waals surface area contributed by atoms with E-state index < -0.39 is 17.9 Å². The Kier molecular flexibility index (Phi) is 8.33. The second kappa shape index (κ2) is 12.1. The Morgan fingerprint density at radius 1 is 1.12 bits per heavy atom. The molecular weight excluding hydrogens is 571 g/mol. The van der Waals surface area contributed by atoms with Crippen LogP contribution < -0.4 is 10.6 Å². The van der Waals surface area contributed by atoms with Gasteiger partial charge in [-0.05, 0) is 54.7 Å². The monoisotopic (exact) mass is 596 g/mol. The molecule has 5 rings (SSSR count). The number of guanidine groups is 1. The van der Waals surface area contributed by atoms with Crippen LogP contribution in [-0.2, 0) is 17.8 Å². The highest BCUT2D eigenvalue weighted by molar-refractivity contribution is 6.40. The van der Waals surface area contributed by atoms with Gasteiger partial charge in [-0.25, -0.2) is 4.79 Å². The summed E-state index contributed by atoms with van der Waals surface area (Å²) in [6.45, 7) is 8.86. The van der Waals surface area contributed by atoms with Crippen LogP contribution in [0.15, 0.2) is 46.1 Å². The number of halogens is 2. The van der Waals surface area contributed by atoms with Gasteiger partial charge in [0.2, 0.25) is 0 Å². The Balaban J connectivity index is 1.30. The summed E-state index contributed by atoms with van der Waals surface area (Å²) in [7, 11) is 0. The first kappa shape index (κ1) is 28.3. The quantitative estimate of drug-likeness (QED) is 0.170. The van der Waals surface area contributed by atoms with E-state index in [2.05, 4.69) is 20.7 Å². The number of likely N-dealkylation sites (tertiary alicyclic amines) is 1. The Morgan fingerprint density at radius 2 is 1.90 bits per heavy atom. The average Bonchev–Trinajstić information content (AvgIpc) is 3.66. The van der Waals surface area contributed by atoms with Crippen LogP contribution in [0, 0.1) is 6.57 Å². The molecule has 2 amide bonds. The van der Waals surface area contributed by atoms with Crippen molar-refractivity contribution in [2.24, 2.45) is 5.10 Å². The van der Waals surface area contributed by atoms with E-state index in [4.69, 9.17) is 34.2 Å². The Bertz CT molecular complexity index is 1590. The van der Waals surface area contributed by atoms with Crippen LogP contribution in [0.2, 0.25) is 10.0 Å². The van der Waals surface area contributed by atoms with Gasteiger partial charge in [0.15, 0.2) is 0 Å². The standard InChI is InChI=1S/C28H26Cl2N6O5/c1-31-34-28(35-8-2-3-9-35)32-14-21(27(39)40)33-25(37)23-20(29)12-18-15-36(10-6-19(18)24(23)30)26(38)17-5-4-16-7-11-41-22(16)13-17/h4-5,7,11-13,21H,2-3,6,8-10,14-15H2,(H,32,34)(H,33,37)(H,39,40)/t21-/m0/s1. The molecule has 2 aliphatic rings. The van der Waals surface area contributed by atoms with E-state index in [0.717, 1.165) is 18.2 Å². The molecule has 3 heterocycles. The molecule has 11 nitrogen and oxygen atoms in total. The van der Waals surface area contributed by atoms with Gasteiger partial charge in [-0.15, -0.1) is 4.95 Å². The van der Waals surface area contributed by atoms with Crippen LogP contribution in [0.5, 0.6) is 0 Å². The molecule has 1 atom stereocenters. The fourth-order valence-electron chi connectivity index (χ4n) is 5.11. The molecule has 2 aliphatic heterocycles. The van der Waals surface area contributed by atoms with Crippen LogP contribution in [0.25, 0.3) is 15.9 Å².